The molecule has 1 aromatic carbocycles. The van der Waals surface area contributed by atoms with Crippen molar-refractivity contribution in [2.45, 2.75) is 26.3 Å². The Morgan fingerprint density at radius 1 is 1.08 bits per heavy atom. The molecule has 1 N–H and O–H groups in total. The number of hydrogen-bond acceptors (Lipinski definition) is 6. The molecular weight excluding hydrogens is 553 g/mol. The second-order valence-corrected chi connectivity index (χ2v) is 10.3. The van der Waals surface area contributed by atoms with E-state index in [1.165, 1.54) is 4.90 Å². The van der Waals surface area contributed by atoms with E-state index in [0.29, 0.717) is 23.1 Å². The van der Waals surface area contributed by atoms with E-state index in [1.54, 1.807) is 20.3 Å². The zero-order valence-electron chi connectivity index (χ0n) is 22.3. The summed E-state index contributed by atoms with van der Waals surface area (Å²) >= 11 is 6.37. The van der Waals surface area contributed by atoms with Gasteiger partial charge in [-0.05, 0) is 32.9 Å². The van der Waals surface area contributed by atoms with Gasteiger partial charge in [0.15, 0.2) is 0 Å². The third kappa shape index (κ3) is 6.88. The highest BCUT2D eigenvalue weighted by Gasteiger charge is 2.27. The van der Waals surface area contributed by atoms with E-state index >= 15 is 0 Å². The van der Waals surface area contributed by atoms with Crippen LogP contribution >= 0.6 is 36.4 Å². The van der Waals surface area contributed by atoms with Gasteiger partial charge >= 0.3 is 6.09 Å². The number of piperazine rings is 1. The molecule has 3 heterocycles. The Hall–Kier alpha value is -2.59. The number of halogens is 3. The van der Waals surface area contributed by atoms with Gasteiger partial charge < -0.3 is 28.8 Å². The summed E-state index contributed by atoms with van der Waals surface area (Å²) in [5.74, 6) is 1.19. The lowest BCUT2D eigenvalue weighted by Crippen LogP contribution is -2.52. The van der Waals surface area contributed by atoms with Gasteiger partial charge in [0.25, 0.3) is 0 Å². The molecule has 4 rings (SSSR count). The SMILES string of the molecule is COc1cc(OC)c(-c2cn3ccc(N4CCN(CCN(C(=O)O)C(C)(C)C)CC4)cc3n2)cc1Cl.Cl.Cl. The molecule has 1 saturated heterocycles. The molecule has 0 atom stereocenters. The van der Waals surface area contributed by atoms with Crippen molar-refractivity contribution in [3.05, 3.63) is 41.7 Å². The number of hydrogen-bond donors (Lipinski definition) is 1. The number of pyridine rings is 1. The van der Waals surface area contributed by atoms with Crippen molar-refractivity contribution in [3.63, 3.8) is 0 Å². The van der Waals surface area contributed by atoms with Gasteiger partial charge in [-0.2, -0.15) is 0 Å². The number of amides is 1. The first-order valence-electron chi connectivity index (χ1n) is 12.0. The van der Waals surface area contributed by atoms with Gasteiger partial charge in [-0.3, -0.25) is 4.90 Å². The second kappa shape index (κ2) is 13.0. The molecule has 3 aromatic rings. The maximum atomic E-state index is 11.6. The van der Waals surface area contributed by atoms with Crippen molar-refractivity contribution >= 4 is 53.8 Å². The number of carboxylic acid groups (broad SMARTS) is 1. The average Bonchev–Trinajstić information content (AvgIpc) is 3.26. The topological polar surface area (TPSA) is 82.8 Å². The molecule has 12 heteroatoms. The Morgan fingerprint density at radius 3 is 2.32 bits per heavy atom. The summed E-state index contributed by atoms with van der Waals surface area (Å²) in [6, 6.07) is 7.76. The monoisotopic (exact) mass is 587 g/mol. The zero-order valence-corrected chi connectivity index (χ0v) is 24.7. The molecule has 0 unspecified atom stereocenters. The number of imidazole rings is 1. The number of carbonyl (C=O) groups is 1. The molecule has 1 aliphatic rings. The Kier molecular flexibility index (Phi) is 10.8. The van der Waals surface area contributed by atoms with Crippen LogP contribution in [-0.4, -0.2) is 89.4 Å². The van der Waals surface area contributed by atoms with Crippen LogP contribution < -0.4 is 14.4 Å². The summed E-state index contributed by atoms with van der Waals surface area (Å²) in [6.45, 7) is 10.5. The number of anilines is 1. The van der Waals surface area contributed by atoms with Gasteiger partial charge in [-0.1, -0.05) is 11.6 Å². The van der Waals surface area contributed by atoms with Crippen LogP contribution in [0, 0.1) is 0 Å². The zero-order chi connectivity index (χ0) is 26.0. The lowest BCUT2D eigenvalue weighted by molar-refractivity contribution is 0.0901. The summed E-state index contributed by atoms with van der Waals surface area (Å²) in [6.07, 6.45) is 3.10. The lowest BCUT2D eigenvalue weighted by Gasteiger charge is -2.39. The molecule has 1 amide bonds. The Morgan fingerprint density at radius 2 is 1.74 bits per heavy atom. The van der Waals surface area contributed by atoms with Crippen LogP contribution in [0.1, 0.15) is 20.8 Å². The number of ether oxygens (including phenoxy) is 2. The molecule has 2 aromatic heterocycles. The van der Waals surface area contributed by atoms with E-state index in [1.807, 2.05) is 43.6 Å². The van der Waals surface area contributed by atoms with Crippen molar-refractivity contribution in [2.24, 2.45) is 0 Å². The minimum Gasteiger partial charge on any atom is -0.496 e. The smallest absolute Gasteiger partial charge is 0.407 e. The molecule has 0 radical (unpaired) electrons. The largest absolute Gasteiger partial charge is 0.496 e. The summed E-state index contributed by atoms with van der Waals surface area (Å²) < 4.78 is 12.8. The standard InChI is InChI=1S/C26H34ClN5O4.2ClH/c1-26(2,3)32(25(33)34)13-10-29-8-11-30(12-9-29)18-6-7-31-17-21(28-24(31)14-18)19-15-20(27)23(36-5)16-22(19)35-4;;/h6-7,14-17H,8-13H2,1-5H3,(H,33,34);2*1H. The Bertz CT molecular complexity index is 1240. The molecule has 0 saturated carbocycles. The quantitative estimate of drug-likeness (QED) is 0.395. The van der Waals surface area contributed by atoms with Gasteiger partial charge in [0.05, 0.1) is 24.9 Å². The highest BCUT2D eigenvalue weighted by molar-refractivity contribution is 6.32. The molecule has 9 nitrogen and oxygen atoms in total. The Balaban J connectivity index is 0.00000253. The highest BCUT2D eigenvalue weighted by Crippen LogP contribution is 2.38. The van der Waals surface area contributed by atoms with Gasteiger partial charge in [0.2, 0.25) is 0 Å². The number of nitrogens with zero attached hydrogens (tertiary/aromatic N) is 5. The van der Waals surface area contributed by atoms with Crippen LogP contribution in [-0.2, 0) is 0 Å². The molecule has 0 bridgehead atoms. The van der Waals surface area contributed by atoms with E-state index in [4.69, 9.17) is 26.1 Å². The molecule has 0 aliphatic carbocycles. The Labute approximate surface area is 241 Å². The molecule has 0 spiro atoms. The summed E-state index contributed by atoms with van der Waals surface area (Å²) in [5, 5.41) is 10.0. The summed E-state index contributed by atoms with van der Waals surface area (Å²) in [5.41, 5.74) is 3.10. The van der Waals surface area contributed by atoms with Crippen LogP contribution in [0.4, 0.5) is 10.5 Å². The van der Waals surface area contributed by atoms with Crippen LogP contribution in [0.3, 0.4) is 0 Å². The fourth-order valence-electron chi connectivity index (χ4n) is 4.55. The van der Waals surface area contributed by atoms with Crippen LogP contribution in [0.5, 0.6) is 11.5 Å². The van der Waals surface area contributed by atoms with Crippen molar-refractivity contribution < 1.29 is 19.4 Å². The molecule has 38 heavy (non-hydrogen) atoms. The van der Waals surface area contributed by atoms with E-state index in [0.717, 1.165) is 55.3 Å². The maximum Gasteiger partial charge on any atom is 0.407 e. The van der Waals surface area contributed by atoms with Crippen molar-refractivity contribution in [3.8, 4) is 22.8 Å². The van der Waals surface area contributed by atoms with E-state index in [-0.39, 0.29) is 24.8 Å². The van der Waals surface area contributed by atoms with E-state index in [2.05, 4.69) is 21.9 Å². The first-order chi connectivity index (χ1) is 17.1. The summed E-state index contributed by atoms with van der Waals surface area (Å²) in [7, 11) is 3.19. The first kappa shape index (κ1) is 31.6. The van der Waals surface area contributed by atoms with Crippen LogP contribution in [0.15, 0.2) is 36.7 Å². The molecule has 1 aliphatic heterocycles. The van der Waals surface area contributed by atoms with Crippen LogP contribution in [0.25, 0.3) is 16.9 Å². The van der Waals surface area contributed by atoms with Crippen molar-refractivity contribution in [2.75, 3.05) is 58.4 Å². The number of rotatable bonds is 7. The second-order valence-electron chi connectivity index (χ2n) is 9.90. The van der Waals surface area contributed by atoms with Gasteiger partial charge in [-0.25, -0.2) is 9.78 Å². The number of aromatic nitrogens is 2. The normalized spacial score (nSPS) is 14.0. The molecule has 1 fully saturated rings. The third-order valence-electron chi connectivity index (χ3n) is 6.61. The number of fused-ring (bicyclic) bond motifs is 1. The predicted molar refractivity (Wildman–Crippen MR) is 156 cm³/mol. The van der Waals surface area contributed by atoms with Crippen molar-refractivity contribution in [1.82, 2.24) is 19.2 Å². The first-order valence-corrected chi connectivity index (χ1v) is 12.4. The average molecular weight is 589 g/mol. The van der Waals surface area contributed by atoms with E-state index in [9.17, 15) is 9.90 Å². The van der Waals surface area contributed by atoms with Crippen LogP contribution in [0.2, 0.25) is 5.02 Å². The summed E-state index contributed by atoms with van der Waals surface area (Å²) in [4.78, 5) is 22.6. The fourth-order valence-corrected chi connectivity index (χ4v) is 4.79. The molecule has 210 valence electrons. The van der Waals surface area contributed by atoms with Gasteiger partial charge in [0, 0.05) is 80.6 Å². The highest BCUT2D eigenvalue weighted by atomic mass is 35.5. The lowest BCUT2D eigenvalue weighted by atomic mass is 10.1. The number of methoxy groups -OCH3 is 2. The van der Waals surface area contributed by atoms with Gasteiger partial charge in [0.1, 0.15) is 17.1 Å². The number of benzene rings is 1. The maximum absolute atomic E-state index is 11.6. The van der Waals surface area contributed by atoms with E-state index < -0.39 is 11.6 Å². The predicted octanol–water partition coefficient (Wildman–Crippen LogP) is 5.42. The van der Waals surface area contributed by atoms with Crippen molar-refractivity contribution in [1.29, 1.82) is 0 Å². The van der Waals surface area contributed by atoms with Gasteiger partial charge in [-0.15, -0.1) is 24.8 Å². The minimum atomic E-state index is -0.872. The third-order valence-corrected chi connectivity index (χ3v) is 6.91. The minimum absolute atomic E-state index is 0. The fraction of sp³-hybridized carbons (Fsp3) is 0.462. The molecular formula is C26H36Cl3N5O4.